The SMILES string of the molecule is CC(=O)O.COc1cccc(Oc2ccc(NC(=O)Cn3c(C)cc(C)nc3=O)cn2)c1. The molecule has 0 spiro atoms. The van der Waals surface area contributed by atoms with Gasteiger partial charge in [0.05, 0.1) is 19.0 Å². The Labute approximate surface area is 184 Å². The van der Waals surface area contributed by atoms with E-state index in [2.05, 4.69) is 15.3 Å². The summed E-state index contributed by atoms with van der Waals surface area (Å²) in [5.74, 6) is 0.461. The first-order chi connectivity index (χ1) is 15.2. The smallest absolute Gasteiger partial charge is 0.348 e. The zero-order chi connectivity index (χ0) is 23.7. The zero-order valence-corrected chi connectivity index (χ0v) is 18.2. The maximum Gasteiger partial charge on any atom is 0.348 e. The van der Waals surface area contributed by atoms with Crippen molar-refractivity contribution in [3.8, 4) is 17.4 Å². The maximum atomic E-state index is 12.2. The molecule has 168 valence electrons. The molecule has 0 atom stereocenters. The van der Waals surface area contributed by atoms with Crippen LogP contribution in [0.15, 0.2) is 53.5 Å². The largest absolute Gasteiger partial charge is 0.497 e. The van der Waals surface area contributed by atoms with Gasteiger partial charge in [-0.3, -0.25) is 14.2 Å². The molecule has 10 nitrogen and oxygen atoms in total. The molecule has 1 aromatic carbocycles. The van der Waals surface area contributed by atoms with Gasteiger partial charge < -0.3 is 19.9 Å². The average Bonchev–Trinajstić information content (AvgIpc) is 2.72. The molecule has 1 amide bonds. The van der Waals surface area contributed by atoms with Gasteiger partial charge in [0.1, 0.15) is 18.0 Å². The van der Waals surface area contributed by atoms with Crippen molar-refractivity contribution in [2.75, 3.05) is 12.4 Å². The molecular weight excluding hydrogens is 416 g/mol. The topological polar surface area (TPSA) is 133 Å². The average molecular weight is 440 g/mol. The highest BCUT2D eigenvalue weighted by molar-refractivity contribution is 5.90. The number of rotatable bonds is 6. The summed E-state index contributed by atoms with van der Waals surface area (Å²) in [7, 11) is 1.58. The van der Waals surface area contributed by atoms with Crippen LogP contribution < -0.4 is 20.5 Å². The highest BCUT2D eigenvalue weighted by Gasteiger charge is 2.09. The molecule has 2 heterocycles. The predicted molar refractivity (Wildman–Crippen MR) is 117 cm³/mol. The molecule has 3 aromatic rings. The van der Waals surface area contributed by atoms with Crippen LogP contribution in [-0.2, 0) is 16.1 Å². The van der Waals surface area contributed by atoms with Gasteiger partial charge in [-0.25, -0.2) is 9.78 Å². The van der Waals surface area contributed by atoms with Gasteiger partial charge in [0.25, 0.3) is 5.97 Å². The second-order valence-corrected chi connectivity index (χ2v) is 6.64. The minimum atomic E-state index is -0.833. The minimum Gasteiger partial charge on any atom is -0.497 e. The lowest BCUT2D eigenvalue weighted by molar-refractivity contribution is -0.134. The summed E-state index contributed by atoms with van der Waals surface area (Å²) in [4.78, 5) is 41.2. The number of aryl methyl sites for hydroxylation is 2. The fraction of sp³-hybridized carbons (Fsp3) is 0.227. The molecule has 0 fully saturated rings. The number of carboxylic acid groups (broad SMARTS) is 1. The van der Waals surface area contributed by atoms with Crippen LogP contribution in [-0.4, -0.2) is 38.6 Å². The predicted octanol–water partition coefficient (Wildman–Crippen LogP) is 2.79. The summed E-state index contributed by atoms with van der Waals surface area (Å²) in [6.45, 7) is 4.45. The van der Waals surface area contributed by atoms with Crippen LogP contribution in [0.5, 0.6) is 17.4 Å². The summed E-state index contributed by atoms with van der Waals surface area (Å²) in [6.07, 6.45) is 1.48. The molecule has 0 unspecified atom stereocenters. The van der Waals surface area contributed by atoms with Crippen LogP contribution >= 0.6 is 0 Å². The number of amides is 1. The van der Waals surface area contributed by atoms with Crippen molar-refractivity contribution in [1.29, 1.82) is 0 Å². The van der Waals surface area contributed by atoms with Gasteiger partial charge in [0.2, 0.25) is 11.8 Å². The Balaban J connectivity index is 0.000000837. The zero-order valence-electron chi connectivity index (χ0n) is 18.2. The minimum absolute atomic E-state index is 0.125. The van der Waals surface area contributed by atoms with Gasteiger partial charge in [-0.15, -0.1) is 0 Å². The fourth-order valence-electron chi connectivity index (χ4n) is 2.61. The Morgan fingerprint density at radius 1 is 1.12 bits per heavy atom. The molecule has 0 saturated heterocycles. The van der Waals surface area contributed by atoms with E-state index in [1.54, 1.807) is 51.3 Å². The first-order valence-electron chi connectivity index (χ1n) is 9.50. The van der Waals surface area contributed by atoms with Gasteiger partial charge in [-0.2, -0.15) is 4.98 Å². The number of carbonyl (C=O) groups is 2. The van der Waals surface area contributed by atoms with E-state index < -0.39 is 11.7 Å². The van der Waals surface area contributed by atoms with Crippen molar-refractivity contribution < 1.29 is 24.2 Å². The molecule has 2 N–H and O–H groups in total. The van der Waals surface area contributed by atoms with Crippen molar-refractivity contribution in [2.24, 2.45) is 0 Å². The second-order valence-electron chi connectivity index (χ2n) is 6.64. The molecule has 0 aliphatic rings. The van der Waals surface area contributed by atoms with Crippen LogP contribution in [0.3, 0.4) is 0 Å². The standard InChI is InChI=1S/C20H20N4O4.C2H4O2/c1-13-9-14(2)24(20(26)22-13)12-18(25)23-15-7-8-19(21-11-15)28-17-6-4-5-16(10-17)27-3;1-2(3)4/h4-11H,12H2,1-3H3,(H,23,25);1H3,(H,3,4). The summed E-state index contributed by atoms with van der Waals surface area (Å²) in [5, 5.41) is 10.1. The number of benzene rings is 1. The Morgan fingerprint density at radius 2 is 1.81 bits per heavy atom. The fourth-order valence-corrected chi connectivity index (χ4v) is 2.61. The molecule has 32 heavy (non-hydrogen) atoms. The first kappa shape index (κ1) is 24.1. The van der Waals surface area contributed by atoms with Crippen LogP contribution in [0.4, 0.5) is 5.69 Å². The van der Waals surface area contributed by atoms with E-state index in [0.717, 1.165) is 6.92 Å². The summed E-state index contributed by atoms with van der Waals surface area (Å²) < 4.78 is 12.1. The first-order valence-corrected chi connectivity index (χ1v) is 9.50. The van der Waals surface area contributed by atoms with Crippen LogP contribution in [0, 0.1) is 13.8 Å². The molecule has 2 aromatic heterocycles. The lowest BCUT2D eigenvalue weighted by Crippen LogP contribution is -2.31. The Morgan fingerprint density at radius 3 is 2.41 bits per heavy atom. The third kappa shape index (κ3) is 7.56. The molecule has 0 bridgehead atoms. The van der Waals surface area contributed by atoms with Gasteiger partial charge in [0.15, 0.2) is 0 Å². The molecule has 10 heteroatoms. The van der Waals surface area contributed by atoms with Gasteiger partial charge in [0, 0.05) is 30.4 Å². The summed E-state index contributed by atoms with van der Waals surface area (Å²) >= 11 is 0. The van der Waals surface area contributed by atoms with Crippen molar-refractivity contribution in [3.63, 3.8) is 0 Å². The lowest BCUT2D eigenvalue weighted by Gasteiger charge is -2.11. The van der Waals surface area contributed by atoms with E-state index in [0.29, 0.717) is 34.5 Å². The normalized spacial score (nSPS) is 9.88. The number of aromatic nitrogens is 3. The number of ether oxygens (including phenoxy) is 2. The Bertz CT molecular complexity index is 1140. The molecule has 0 aliphatic heterocycles. The molecule has 0 radical (unpaired) electrons. The monoisotopic (exact) mass is 440 g/mol. The maximum absolute atomic E-state index is 12.2. The summed E-state index contributed by atoms with van der Waals surface area (Å²) in [6, 6.07) is 12.2. The number of pyridine rings is 1. The Kier molecular flexibility index (Phi) is 8.46. The van der Waals surface area contributed by atoms with E-state index in [4.69, 9.17) is 19.4 Å². The number of carboxylic acids is 1. The Hall–Kier alpha value is -4.21. The number of carbonyl (C=O) groups excluding carboxylic acids is 1. The van der Waals surface area contributed by atoms with E-state index >= 15 is 0 Å². The highest BCUT2D eigenvalue weighted by Crippen LogP contribution is 2.24. The molecular formula is C22H24N4O6. The third-order valence-electron chi connectivity index (χ3n) is 3.93. The van der Waals surface area contributed by atoms with E-state index in [9.17, 15) is 9.59 Å². The molecule has 0 aliphatic carbocycles. The number of aliphatic carboxylic acids is 1. The summed E-state index contributed by atoms with van der Waals surface area (Å²) in [5.41, 5.74) is 1.34. The van der Waals surface area contributed by atoms with Crippen LogP contribution in [0.2, 0.25) is 0 Å². The number of nitrogens with zero attached hydrogens (tertiary/aromatic N) is 3. The van der Waals surface area contributed by atoms with Crippen molar-refractivity contribution in [1.82, 2.24) is 14.5 Å². The van der Waals surface area contributed by atoms with E-state index in [1.165, 1.54) is 10.8 Å². The number of hydrogen-bond acceptors (Lipinski definition) is 7. The highest BCUT2D eigenvalue weighted by atomic mass is 16.5. The quantitative estimate of drug-likeness (QED) is 0.598. The molecule has 0 saturated carbocycles. The number of nitrogens with one attached hydrogen (secondary N) is 1. The number of hydrogen-bond donors (Lipinski definition) is 2. The molecule has 3 rings (SSSR count). The lowest BCUT2D eigenvalue weighted by atomic mass is 10.3. The van der Waals surface area contributed by atoms with Gasteiger partial charge in [-0.05, 0) is 38.1 Å². The number of methoxy groups -OCH3 is 1. The second kappa shape index (κ2) is 11.3. The van der Waals surface area contributed by atoms with Crippen molar-refractivity contribution >= 4 is 17.6 Å². The van der Waals surface area contributed by atoms with Crippen LogP contribution in [0.25, 0.3) is 0 Å². The third-order valence-corrected chi connectivity index (χ3v) is 3.93. The van der Waals surface area contributed by atoms with Crippen molar-refractivity contribution in [3.05, 3.63) is 70.5 Å². The van der Waals surface area contributed by atoms with E-state index in [1.807, 2.05) is 12.1 Å². The van der Waals surface area contributed by atoms with Crippen LogP contribution in [0.1, 0.15) is 18.3 Å². The number of anilines is 1. The van der Waals surface area contributed by atoms with Gasteiger partial charge in [-0.1, -0.05) is 6.07 Å². The van der Waals surface area contributed by atoms with Gasteiger partial charge >= 0.3 is 5.69 Å². The van der Waals surface area contributed by atoms with E-state index in [-0.39, 0.29) is 12.5 Å². The van der Waals surface area contributed by atoms with Crippen molar-refractivity contribution in [2.45, 2.75) is 27.3 Å².